The number of fused-ring (bicyclic) bond motifs is 1. The number of halogens is 2. The second-order valence-electron chi connectivity index (χ2n) is 6.88. The van der Waals surface area contributed by atoms with Gasteiger partial charge in [0.15, 0.2) is 0 Å². The molecular formula is C21H17BrFN3O3S. The standard InChI is InChI=1S/C21H17BrFN3O3S/c1-13-4-6-16(7-5-13)30(28,29)26-19-9-15(22)8-18(23)17(19)10-20(26)21(27)14(11-24)12-25(2)3/h4-10,12H,1-3H3. The molecule has 0 spiro atoms. The largest absolute Gasteiger partial charge is 0.382 e. The molecule has 1 aromatic heterocycles. The van der Waals surface area contributed by atoms with Crippen LogP contribution in [0.25, 0.3) is 10.9 Å². The normalized spacial score (nSPS) is 12.1. The van der Waals surface area contributed by atoms with Crippen molar-refractivity contribution in [3.05, 3.63) is 75.8 Å². The first-order valence-electron chi connectivity index (χ1n) is 8.72. The number of aromatic nitrogens is 1. The molecule has 0 fully saturated rings. The van der Waals surface area contributed by atoms with E-state index in [2.05, 4.69) is 15.9 Å². The second kappa shape index (κ2) is 8.05. The highest BCUT2D eigenvalue weighted by atomic mass is 79.9. The van der Waals surface area contributed by atoms with Gasteiger partial charge in [0.05, 0.1) is 10.4 Å². The van der Waals surface area contributed by atoms with Crippen LogP contribution in [0, 0.1) is 24.1 Å². The zero-order valence-corrected chi connectivity index (χ0v) is 18.8. The van der Waals surface area contributed by atoms with Crippen molar-refractivity contribution in [2.75, 3.05) is 14.1 Å². The number of carbonyl (C=O) groups is 1. The lowest BCUT2D eigenvalue weighted by atomic mass is 10.1. The average molecular weight is 490 g/mol. The molecule has 3 aromatic rings. The van der Waals surface area contributed by atoms with Crippen LogP contribution in [0.1, 0.15) is 16.1 Å². The highest BCUT2D eigenvalue weighted by Crippen LogP contribution is 2.31. The molecule has 3 rings (SSSR count). The van der Waals surface area contributed by atoms with E-state index in [0.29, 0.717) is 4.47 Å². The summed E-state index contributed by atoms with van der Waals surface area (Å²) in [5.41, 5.74) is 0.255. The second-order valence-corrected chi connectivity index (χ2v) is 9.58. The average Bonchev–Trinajstić information content (AvgIpc) is 3.06. The zero-order chi connectivity index (χ0) is 22.2. The summed E-state index contributed by atoms with van der Waals surface area (Å²) in [5, 5.41) is 9.37. The van der Waals surface area contributed by atoms with E-state index in [0.717, 1.165) is 15.6 Å². The molecule has 0 amide bonds. The fourth-order valence-electron chi connectivity index (χ4n) is 2.97. The minimum absolute atomic E-state index is 0.00653. The van der Waals surface area contributed by atoms with E-state index < -0.39 is 21.6 Å². The van der Waals surface area contributed by atoms with E-state index in [-0.39, 0.29) is 27.1 Å². The van der Waals surface area contributed by atoms with Gasteiger partial charge in [0, 0.05) is 30.2 Å². The highest BCUT2D eigenvalue weighted by Gasteiger charge is 2.29. The number of Topliss-reactive ketones (excluding diaryl/α,β-unsaturated/α-hetero) is 1. The van der Waals surface area contributed by atoms with Crippen LogP contribution in [0.3, 0.4) is 0 Å². The van der Waals surface area contributed by atoms with Gasteiger partial charge in [-0.05, 0) is 37.3 Å². The van der Waals surface area contributed by atoms with Gasteiger partial charge in [0.2, 0.25) is 5.78 Å². The quantitative estimate of drug-likeness (QED) is 0.304. The molecule has 0 saturated heterocycles. The summed E-state index contributed by atoms with van der Waals surface area (Å²) in [6.07, 6.45) is 1.29. The molecular weight excluding hydrogens is 473 g/mol. The van der Waals surface area contributed by atoms with Crippen molar-refractivity contribution < 1.29 is 17.6 Å². The first kappa shape index (κ1) is 21.7. The number of aryl methyl sites for hydroxylation is 1. The fraction of sp³-hybridized carbons (Fsp3) is 0.143. The summed E-state index contributed by atoms with van der Waals surface area (Å²) >= 11 is 3.17. The third kappa shape index (κ3) is 3.88. The summed E-state index contributed by atoms with van der Waals surface area (Å²) in [6, 6.07) is 11.6. The van der Waals surface area contributed by atoms with E-state index in [1.54, 1.807) is 32.3 Å². The fourth-order valence-corrected chi connectivity index (χ4v) is 4.89. The zero-order valence-electron chi connectivity index (χ0n) is 16.3. The van der Waals surface area contributed by atoms with Crippen LogP contribution in [0.4, 0.5) is 4.39 Å². The molecule has 0 unspecified atom stereocenters. The Morgan fingerprint density at radius 3 is 2.40 bits per heavy atom. The van der Waals surface area contributed by atoms with Crippen molar-refractivity contribution in [2.24, 2.45) is 0 Å². The van der Waals surface area contributed by atoms with E-state index in [1.165, 1.54) is 35.4 Å². The molecule has 0 aliphatic carbocycles. The molecule has 2 aromatic carbocycles. The maximum Gasteiger partial charge on any atom is 0.268 e. The van der Waals surface area contributed by atoms with Gasteiger partial charge < -0.3 is 4.90 Å². The highest BCUT2D eigenvalue weighted by molar-refractivity contribution is 9.10. The van der Waals surface area contributed by atoms with Gasteiger partial charge in [-0.1, -0.05) is 33.6 Å². The molecule has 0 saturated carbocycles. The molecule has 6 nitrogen and oxygen atoms in total. The van der Waals surface area contributed by atoms with E-state index in [1.807, 2.05) is 6.92 Å². The first-order valence-corrected chi connectivity index (χ1v) is 11.0. The van der Waals surface area contributed by atoms with Gasteiger partial charge in [0.1, 0.15) is 23.2 Å². The van der Waals surface area contributed by atoms with E-state index >= 15 is 0 Å². The van der Waals surface area contributed by atoms with Gasteiger partial charge >= 0.3 is 0 Å². The number of rotatable bonds is 5. The molecule has 9 heteroatoms. The molecule has 154 valence electrons. The summed E-state index contributed by atoms with van der Waals surface area (Å²) in [4.78, 5) is 14.5. The van der Waals surface area contributed by atoms with Crippen LogP contribution in [-0.4, -0.2) is 37.2 Å². The molecule has 0 aliphatic heterocycles. The number of hydrogen-bond acceptors (Lipinski definition) is 5. The summed E-state index contributed by atoms with van der Waals surface area (Å²) in [5.74, 6) is -1.52. The number of allylic oxidation sites excluding steroid dienone is 1. The third-order valence-electron chi connectivity index (χ3n) is 4.34. The van der Waals surface area contributed by atoms with Crippen molar-refractivity contribution in [3.8, 4) is 6.07 Å². The van der Waals surface area contributed by atoms with Crippen molar-refractivity contribution in [1.82, 2.24) is 8.87 Å². The Bertz CT molecular complexity index is 1330. The molecule has 0 N–H and O–H groups in total. The number of benzene rings is 2. The lowest BCUT2D eigenvalue weighted by Crippen LogP contribution is -2.20. The monoisotopic (exact) mass is 489 g/mol. The lowest BCUT2D eigenvalue weighted by molar-refractivity contribution is 0.103. The Morgan fingerprint density at radius 1 is 1.20 bits per heavy atom. The lowest BCUT2D eigenvalue weighted by Gasteiger charge is -2.12. The summed E-state index contributed by atoms with van der Waals surface area (Å²) < 4.78 is 42.6. The predicted octanol–water partition coefficient (Wildman–Crippen LogP) is 4.24. The van der Waals surface area contributed by atoms with Crippen LogP contribution in [-0.2, 0) is 10.0 Å². The Kier molecular flexibility index (Phi) is 5.83. The molecule has 1 heterocycles. The number of hydrogen-bond donors (Lipinski definition) is 0. The molecule has 30 heavy (non-hydrogen) atoms. The Hall–Kier alpha value is -2.96. The minimum atomic E-state index is -4.26. The van der Waals surface area contributed by atoms with E-state index in [4.69, 9.17) is 0 Å². The van der Waals surface area contributed by atoms with Crippen LogP contribution >= 0.6 is 15.9 Å². The molecule has 0 bridgehead atoms. The summed E-state index contributed by atoms with van der Waals surface area (Å²) in [7, 11) is -1.01. The van der Waals surface area contributed by atoms with Gasteiger partial charge in [-0.15, -0.1) is 0 Å². The smallest absolute Gasteiger partial charge is 0.268 e. The predicted molar refractivity (Wildman–Crippen MR) is 115 cm³/mol. The minimum Gasteiger partial charge on any atom is -0.382 e. The molecule has 0 aliphatic rings. The SMILES string of the molecule is Cc1ccc(S(=O)(=O)n2c(C(=O)C(C#N)=CN(C)C)cc3c(F)cc(Br)cc32)cc1. The molecule has 0 radical (unpaired) electrons. The van der Waals surface area contributed by atoms with Crippen molar-refractivity contribution in [3.63, 3.8) is 0 Å². The number of carbonyl (C=O) groups excluding carboxylic acids is 1. The van der Waals surface area contributed by atoms with Crippen molar-refractivity contribution >= 4 is 42.6 Å². The Balaban J connectivity index is 2.39. The van der Waals surface area contributed by atoms with Crippen LogP contribution in [0.15, 0.2) is 63.6 Å². The van der Waals surface area contributed by atoms with Gasteiger partial charge in [-0.2, -0.15) is 5.26 Å². The number of ketones is 1. The van der Waals surface area contributed by atoms with Crippen molar-refractivity contribution in [1.29, 1.82) is 5.26 Å². The van der Waals surface area contributed by atoms with Crippen LogP contribution in [0.5, 0.6) is 0 Å². The van der Waals surface area contributed by atoms with Crippen LogP contribution < -0.4 is 0 Å². The summed E-state index contributed by atoms with van der Waals surface area (Å²) in [6.45, 7) is 1.81. The Morgan fingerprint density at radius 2 is 1.83 bits per heavy atom. The van der Waals surface area contributed by atoms with Gasteiger partial charge in [0.25, 0.3) is 10.0 Å². The Labute approximate surface area is 182 Å². The molecule has 0 atom stereocenters. The van der Waals surface area contributed by atoms with Gasteiger partial charge in [-0.25, -0.2) is 16.8 Å². The van der Waals surface area contributed by atoms with Crippen LogP contribution in [0.2, 0.25) is 0 Å². The maximum atomic E-state index is 14.6. The maximum absolute atomic E-state index is 14.6. The van der Waals surface area contributed by atoms with Gasteiger partial charge in [-0.3, -0.25) is 4.79 Å². The van der Waals surface area contributed by atoms with E-state index in [9.17, 15) is 22.9 Å². The first-order chi connectivity index (χ1) is 14.1. The van der Waals surface area contributed by atoms with Crippen molar-refractivity contribution in [2.45, 2.75) is 11.8 Å². The number of nitrogens with zero attached hydrogens (tertiary/aromatic N) is 3. The topological polar surface area (TPSA) is 83.2 Å². The number of nitriles is 1. The third-order valence-corrected chi connectivity index (χ3v) is 6.54.